The van der Waals surface area contributed by atoms with Crippen LogP contribution in [-0.4, -0.2) is 81.0 Å². The molecule has 0 spiro atoms. The predicted molar refractivity (Wildman–Crippen MR) is 149 cm³/mol. The fraction of sp³-hybridized carbons (Fsp3) is 0.519. The average Bonchev–Trinajstić information content (AvgIpc) is 2.83. The summed E-state index contributed by atoms with van der Waals surface area (Å²) in [5.74, 6) is 0.757. The Kier molecular flexibility index (Phi) is 9.35. The summed E-state index contributed by atoms with van der Waals surface area (Å²) in [5, 5.41) is 9.10. The highest BCUT2D eigenvalue weighted by atomic mass is 28.3. The maximum atomic E-state index is 9.10. The Balaban J connectivity index is 1.49. The molecule has 2 aliphatic heterocycles. The molecule has 0 aromatic heterocycles. The Morgan fingerprint density at radius 2 is 1.89 bits per heavy atom. The summed E-state index contributed by atoms with van der Waals surface area (Å²) >= 11 is 0. The summed E-state index contributed by atoms with van der Waals surface area (Å²) in [4.78, 5) is 11.3. The number of allylic oxidation sites excluding steroid dienone is 1. The number of nitrogens with zero attached hydrogens (tertiary/aromatic N) is 4. The Bertz CT molecular complexity index is 930. The van der Waals surface area contributed by atoms with Crippen molar-refractivity contribution in [3.05, 3.63) is 66.2 Å². The molecule has 0 bridgehead atoms. The summed E-state index contributed by atoms with van der Waals surface area (Å²) in [5.41, 5.74) is 9.30. The third-order valence-electron chi connectivity index (χ3n) is 6.68. The van der Waals surface area contributed by atoms with Crippen LogP contribution in [0.2, 0.25) is 25.7 Å². The van der Waals surface area contributed by atoms with Gasteiger partial charge in [0.05, 0.1) is 0 Å². The predicted octanol–water partition coefficient (Wildman–Crippen LogP) is 3.63. The first kappa shape index (κ1) is 27.2. The minimum Gasteiger partial charge on any atom is -0.396 e. The molecule has 35 heavy (non-hydrogen) atoms. The van der Waals surface area contributed by atoms with Crippen molar-refractivity contribution in [3.8, 4) is 0 Å². The molecular formula is C27H43N5O2Si. The van der Waals surface area contributed by atoms with E-state index in [0.29, 0.717) is 13.2 Å². The van der Waals surface area contributed by atoms with Gasteiger partial charge in [0, 0.05) is 71.1 Å². The molecule has 7 nitrogen and oxygen atoms in total. The lowest BCUT2D eigenvalue weighted by Gasteiger charge is -2.45. The van der Waals surface area contributed by atoms with E-state index in [1.165, 1.54) is 5.69 Å². The molecule has 3 N–H and O–H groups in total. The van der Waals surface area contributed by atoms with Gasteiger partial charge in [0.15, 0.2) is 0 Å². The molecule has 0 saturated carbocycles. The fourth-order valence-electron chi connectivity index (χ4n) is 4.15. The highest BCUT2D eigenvalue weighted by Crippen LogP contribution is 2.29. The van der Waals surface area contributed by atoms with Gasteiger partial charge in [0.2, 0.25) is 0 Å². The number of aliphatic hydroxyl groups is 1. The number of nitrogens with two attached hydrogens (primary N) is 1. The van der Waals surface area contributed by atoms with E-state index in [4.69, 9.17) is 15.6 Å². The van der Waals surface area contributed by atoms with Crippen LogP contribution in [0.3, 0.4) is 0 Å². The number of aliphatic hydroxyl groups excluding tert-OH is 1. The van der Waals surface area contributed by atoms with E-state index >= 15 is 0 Å². The molecule has 0 radical (unpaired) electrons. The SMILES string of the molecule is C=C(/N=C\C(=C/C)C1(N)C=CN1COCC[Si](C)(C)C)N1CCN(c2ccc(CCO)cc2)CC1. The van der Waals surface area contributed by atoms with Crippen LogP contribution < -0.4 is 10.6 Å². The molecule has 0 aliphatic carbocycles. The van der Waals surface area contributed by atoms with Gasteiger partial charge < -0.3 is 30.3 Å². The smallest absolute Gasteiger partial charge is 0.138 e. The number of benzene rings is 1. The van der Waals surface area contributed by atoms with E-state index in [1.807, 2.05) is 36.4 Å². The van der Waals surface area contributed by atoms with Crippen LogP contribution in [0.25, 0.3) is 0 Å². The molecule has 2 heterocycles. The summed E-state index contributed by atoms with van der Waals surface area (Å²) in [7, 11) is -1.11. The molecule has 192 valence electrons. The molecule has 2 aliphatic rings. The molecule has 1 saturated heterocycles. The van der Waals surface area contributed by atoms with Crippen molar-refractivity contribution in [3.63, 3.8) is 0 Å². The second-order valence-electron chi connectivity index (χ2n) is 10.5. The summed E-state index contributed by atoms with van der Waals surface area (Å²) < 4.78 is 5.91. The fourth-order valence-corrected chi connectivity index (χ4v) is 4.91. The van der Waals surface area contributed by atoms with Crippen molar-refractivity contribution in [1.29, 1.82) is 0 Å². The van der Waals surface area contributed by atoms with Crippen LogP contribution in [0.15, 0.2) is 65.6 Å². The zero-order chi connectivity index (χ0) is 25.5. The van der Waals surface area contributed by atoms with E-state index in [-0.39, 0.29) is 6.61 Å². The summed E-state index contributed by atoms with van der Waals surface area (Å²) in [6.45, 7) is 18.2. The van der Waals surface area contributed by atoms with Gasteiger partial charge in [-0.15, -0.1) is 0 Å². The Hall–Kier alpha value is -2.39. The number of aliphatic imine (C=N–C) groups is 1. The van der Waals surface area contributed by atoms with Crippen LogP contribution in [0, 0.1) is 0 Å². The number of piperazine rings is 1. The summed E-state index contributed by atoms with van der Waals surface area (Å²) in [6, 6.07) is 9.61. The molecule has 1 atom stereocenters. The van der Waals surface area contributed by atoms with E-state index < -0.39 is 13.7 Å². The third-order valence-corrected chi connectivity index (χ3v) is 8.39. The highest BCUT2D eigenvalue weighted by molar-refractivity contribution is 6.76. The van der Waals surface area contributed by atoms with Gasteiger partial charge in [0.25, 0.3) is 0 Å². The van der Waals surface area contributed by atoms with E-state index in [2.05, 4.69) is 65.3 Å². The lowest BCUT2D eigenvalue weighted by molar-refractivity contribution is 0.0155. The molecular weight excluding hydrogens is 454 g/mol. The van der Waals surface area contributed by atoms with E-state index in [9.17, 15) is 0 Å². The standard InChI is InChI=1S/C27H43N5O2Si/c1-6-25(27(28)12-13-32(27)22-34-19-20-35(3,4)5)21-29-23(2)30-14-16-31(17-15-30)26-9-7-24(8-10-26)11-18-33/h6-10,12-13,21,33H,2,11,14-20,22,28H2,1,3-5H3/b25-6+,29-21-. The van der Waals surface area contributed by atoms with Crippen LogP contribution in [0.1, 0.15) is 12.5 Å². The minimum absolute atomic E-state index is 0.182. The van der Waals surface area contributed by atoms with Gasteiger partial charge >= 0.3 is 0 Å². The van der Waals surface area contributed by atoms with Crippen LogP contribution >= 0.6 is 0 Å². The largest absolute Gasteiger partial charge is 0.396 e. The van der Waals surface area contributed by atoms with E-state index in [0.717, 1.165) is 55.8 Å². The second-order valence-corrected chi connectivity index (χ2v) is 16.1. The number of hydrogen-bond donors (Lipinski definition) is 2. The maximum Gasteiger partial charge on any atom is 0.138 e. The first-order chi connectivity index (χ1) is 16.7. The number of hydrogen-bond acceptors (Lipinski definition) is 7. The first-order valence-corrected chi connectivity index (χ1v) is 16.3. The topological polar surface area (TPSA) is 77.6 Å². The maximum absolute atomic E-state index is 9.10. The van der Waals surface area contributed by atoms with Gasteiger partial charge in [-0.05, 0) is 43.2 Å². The molecule has 0 amide bonds. The number of ether oxygens (including phenoxy) is 1. The van der Waals surface area contributed by atoms with Gasteiger partial charge in [-0.3, -0.25) is 0 Å². The van der Waals surface area contributed by atoms with Crippen molar-refractivity contribution >= 4 is 20.0 Å². The molecule has 1 aromatic rings. The monoisotopic (exact) mass is 497 g/mol. The second kappa shape index (κ2) is 12.0. The van der Waals surface area contributed by atoms with Crippen molar-refractivity contribution < 1.29 is 9.84 Å². The van der Waals surface area contributed by atoms with Crippen molar-refractivity contribution in [2.75, 3.05) is 51.0 Å². The van der Waals surface area contributed by atoms with Crippen molar-refractivity contribution in [1.82, 2.24) is 9.80 Å². The average molecular weight is 498 g/mol. The zero-order valence-corrected chi connectivity index (χ0v) is 22.9. The van der Waals surface area contributed by atoms with E-state index in [1.54, 1.807) is 0 Å². The first-order valence-electron chi connectivity index (χ1n) is 12.6. The lowest BCUT2D eigenvalue weighted by Crippen LogP contribution is -2.60. The number of rotatable bonds is 12. The molecule has 3 rings (SSSR count). The lowest BCUT2D eigenvalue weighted by atomic mass is 9.94. The molecule has 8 heteroatoms. The van der Waals surface area contributed by atoms with Crippen molar-refractivity contribution in [2.24, 2.45) is 10.7 Å². The Labute approximate surface area is 212 Å². The van der Waals surface area contributed by atoms with Crippen LogP contribution in [0.4, 0.5) is 5.69 Å². The van der Waals surface area contributed by atoms with Crippen LogP contribution in [0.5, 0.6) is 0 Å². The third kappa shape index (κ3) is 7.30. The van der Waals surface area contributed by atoms with Gasteiger partial charge in [-0.25, -0.2) is 4.99 Å². The Morgan fingerprint density at radius 1 is 1.20 bits per heavy atom. The van der Waals surface area contributed by atoms with Gasteiger partial charge in [0.1, 0.15) is 18.2 Å². The molecule has 1 aromatic carbocycles. The van der Waals surface area contributed by atoms with Gasteiger partial charge in [-0.2, -0.15) is 0 Å². The normalized spacial score (nSPS) is 21.1. The zero-order valence-electron chi connectivity index (χ0n) is 21.9. The number of anilines is 1. The van der Waals surface area contributed by atoms with Gasteiger partial charge in [-0.1, -0.05) is 44.4 Å². The summed E-state index contributed by atoms with van der Waals surface area (Å²) in [6.07, 6.45) is 8.52. The van der Waals surface area contributed by atoms with Crippen LogP contribution in [-0.2, 0) is 11.2 Å². The molecule has 1 unspecified atom stereocenters. The molecule has 1 fully saturated rings. The highest BCUT2D eigenvalue weighted by Gasteiger charge is 2.37. The minimum atomic E-state index is -1.11. The quantitative estimate of drug-likeness (QED) is 0.261. The Morgan fingerprint density at radius 3 is 2.43 bits per heavy atom. The van der Waals surface area contributed by atoms with Crippen molar-refractivity contribution in [2.45, 2.75) is 44.7 Å².